The molecule has 32 heavy (non-hydrogen) atoms. The van der Waals surface area contributed by atoms with Gasteiger partial charge in [0.2, 0.25) is 26.0 Å². The number of benzene rings is 2. The van der Waals surface area contributed by atoms with Crippen LogP contribution in [0.5, 0.6) is 0 Å². The van der Waals surface area contributed by atoms with Gasteiger partial charge >= 0.3 is 0 Å². The number of hydrogen-bond acceptors (Lipinski definition) is 5. The summed E-state index contributed by atoms with van der Waals surface area (Å²) in [5.41, 5.74) is 1.06. The van der Waals surface area contributed by atoms with Crippen molar-refractivity contribution in [3.63, 3.8) is 0 Å². The zero-order valence-corrected chi connectivity index (χ0v) is 20.7. The Balaban J connectivity index is 1.71. The van der Waals surface area contributed by atoms with Crippen LogP contribution in [0, 0.1) is 6.92 Å². The first-order chi connectivity index (χ1) is 14.9. The van der Waals surface area contributed by atoms with Gasteiger partial charge in [-0.3, -0.25) is 9.10 Å². The van der Waals surface area contributed by atoms with E-state index in [-0.39, 0.29) is 46.8 Å². The molecule has 2 aromatic carbocycles. The molecule has 8 nitrogen and oxygen atoms in total. The van der Waals surface area contributed by atoms with Gasteiger partial charge in [0.25, 0.3) is 0 Å². The van der Waals surface area contributed by atoms with Gasteiger partial charge in [0.05, 0.1) is 21.9 Å². The fourth-order valence-electron chi connectivity index (χ4n) is 3.32. The first-order valence-corrected chi connectivity index (χ1v) is 13.7. The third-order valence-corrected chi connectivity index (χ3v) is 8.70. The number of halogens is 2. The molecule has 1 amide bonds. The summed E-state index contributed by atoms with van der Waals surface area (Å²) < 4.78 is 52.6. The van der Waals surface area contributed by atoms with E-state index in [0.717, 1.165) is 16.1 Å². The standard InChI is InChI=1S/C20H23Cl2N3O5S2/c1-15-3-6-17(7-4-15)32(29,30)24-11-9-23(10-12-24)20(26)14-25(31(2,27)28)19-13-16(21)5-8-18(19)22/h3-8,13H,9-12,14H2,1-2H3. The Hall–Kier alpha value is -1.85. The molecule has 0 radical (unpaired) electrons. The molecule has 1 aliphatic heterocycles. The van der Waals surface area contributed by atoms with Gasteiger partial charge < -0.3 is 4.90 Å². The Morgan fingerprint density at radius 2 is 1.56 bits per heavy atom. The first-order valence-electron chi connectivity index (χ1n) is 9.67. The molecule has 0 unspecified atom stereocenters. The van der Waals surface area contributed by atoms with E-state index in [9.17, 15) is 21.6 Å². The number of hydrogen-bond donors (Lipinski definition) is 0. The zero-order valence-electron chi connectivity index (χ0n) is 17.5. The minimum Gasteiger partial charge on any atom is -0.338 e. The second-order valence-electron chi connectivity index (χ2n) is 7.46. The molecular formula is C20H23Cl2N3O5S2. The maximum absolute atomic E-state index is 12.9. The van der Waals surface area contributed by atoms with E-state index >= 15 is 0 Å². The van der Waals surface area contributed by atoms with Crippen molar-refractivity contribution in [2.45, 2.75) is 11.8 Å². The molecule has 174 valence electrons. The largest absolute Gasteiger partial charge is 0.338 e. The molecule has 1 aliphatic rings. The van der Waals surface area contributed by atoms with Gasteiger partial charge in [-0.15, -0.1) is 0 Å². The highest BCUT2D eigenvalue weighted by Crippen LogP contribution is 2.30. The van der Waals surface area contributed by atoms with Gasteiger partial charge in [0, 0.05) is 31.2 Å². The van der Waals surface area contributed by atoms with Crippen molar-refractivity contribution in [3.8, 4) is 0 Å². The fourth-order valence-corrected chi connectivity index (χ4v) is 6.03. The average molecular weight is 520 g/mol. The monoisotopic (exact) mass is 519 g/mol. The minimum absolute atomic E-state index is 0.107. The lowest BCUT2D eigenvalue weighted by molar-refractivity contribution is -0.130. The van der Waals surface area contributed by atoms with Gasteiger partial charge in [-0.1, -0.05) is 40.9 Å². The van der Waals surface area contributed by atoms with Crippen molar-refractivity contribution in [1.29, 1.82) is 0 Å². The van der Waals surface area contributed by atoms with Crippen LogP contribution in [-0.2, 0) is 24.8 Å². The van der Waals surface area contributed by atoms with Gasteiger partial charge in [-0.05, 0) is 37.3 Å². The van der Waals surface area contributed by atoms with E-state index in [0.29, 0.717) is 0 Å². The van der Waals surface area contributed by atoms with E-state index in [2.05, 4.69) is 0 Å². The molecule has 2 aromatic rings. The second-order valence-corrected chi connectivity index (χ2v) is 12.2. The molecule has 1 heterocycles. The van der Waals surface area contributed by atoms with Crippen LogP contribution in [0.15, 0.2) is 47.4 Å². The van der Waals surface area contributed by atoms with Crippen LogP contribution in [0.4, 0.5) is 5.69 Å². The van der Waals surface area contributed by atoms with Crippen molar-refractivity contribution in [1.82, 2.24) is 9.21 Å². The predicted molar refractivity (Wildman–Crippen MR) is 125 cm³/mol. The van der Waals surface area contributed by atoms with Crippen LogP contribution in [0.1, 0.15) is 5.56 Å². The molecule has 0 atom stereocenters. The summed E-state index contributed by atoms with van der Waals surface area (Å²) in [6.45, 7) is 1.91. The van der Waals surface area contributed by atoms with Crippen molar-refractivity contribution in [2.75, 3.05) is 43.3 Å². The summed E-state index contributed by atoms with van der Waals surface area (Å²) in [7, 11) is -7.50. The summed E-state index contributed by atoms with van der Waals surface area (Å²) in [4.78, 5) is 14.5. The van der Waals surface area contributed by atoms with Gasteiger partial charge in [-0.2, -0.15) is 4.31 Å². The van der Waals surface area contributed by atoms with Gasteiger partial charge in [-0.25, -0.2) is 16.8 Å². The normalized spacial score (nSPS) is 15.6. The molecule has 0 bridgehead atoms. The Labute approximate surface area is 198 Å². The smallest absolute Gasteiger partial charge is 0.243 e. The Morgan fingerprint density at radius 3 is 2.12 bits per heavy atom. The van der Waals surface area contributed by atoms with Gasteiger partial charge in [0.1, 0.15) is 6.54 Å². The number of aryl methyl sites for hydroxylation is 1. The lowest BCUT2D eigenvalue weighted by Crippen LogP contribution is -2.53. The Morgan fingerprint density at radius 1 is 0.969 bits per heavy atom. The third kappa shape index (κ3) is 5.55. The van der Waals surface area contributed by atoms with Crippen LogP contribution in [0.25, 0.3) is 0 Å². The highest BCUT2D eigenvalue weighted by Gasteiger charge is 2.32. The third-order valence-electron chi connectivity index (χ3n) is 5.11. The van der Waals surface area contributed by atoms with E-state index < -0.39 is 32.5 Å². The number of piperazine rings is 1. The minimum atomic E-state index is -3.83. The van der Waals surface area contributed by atoms with Crippen molar-refractivity contribution in [3.05, 3.63) is 58.1 Å². The van der Waals surface area contributed by atoms with E-state index in [1.807, 2.05) is 6.92 Å². The van der Waals surface area contributed by atoms with Crippen LogP contribution in [-0.4, -0.2) is 70.9 Å². The molecule has 0 N–H and O–H groups in total. The topological polar surface area (TPSA) is 95.1 Å². The predicted octanol–water partition coefficient (Wildman–Crippen LogP) is 2.60. The van der Waals surface area contributed by atoms with Gasteiger partial charge in [0.15, 0.2) is 0 Å². The number of rotatable bonds is 6. The number of carbonyl (C=O) groups excluding carboxylic acids is 1. The molecule has 0 aliphatic carbocycles. The van der Waals surface area contributed by atoms with Crippen molar-refractivity contribution < 1.29 is 21.6 Å². The molecule has 12 heteroatoms. The lowest BCUT2D eigenvalue weighted by Gasteiger charge is -2.35. The van der Waals surface area contributed by atoms with Crippen molar-refractivity contribution >= 4 is 54.8 Å². The molecule has 0 saturated carbocycles. The maximum Gasteiger partial charge on any atom is 0.243 e. The SMILES string of the molecule is Cc1ccc(S(=O)(=O)N2CCN(C(=O)CN(c3cc(Cl)ccc3Cl)S(C)(=O)=O)CC2)cc1. The Bertz CT molecular complexity index is 1210. The molecule has 1 saturated heterocycles. The second kappa shape index (κ2) is 9.56. The van der Waals surface area contributed by atoms with E-state index in [4.69, 9.17) is 23.2 Å². The van der Waals surface area contributed by atoms with Crippen LogP contribution in [0.2, 0.25) is 10.0 Å². The number of anilines is 1. The summed E-state index contributed by atoms with van der Waals surface area (Å²) in [6.07, 6.45) is 0.976. The van der Waals surface area contributed by atoms with Crippen LogP contribution in [0.3, 0.4) is 0 Å². The number of sulfonamides is 2. The van der Waals surface area contributed by atoms with Crippen molar-refractivity contribution in [2.24, 2.45) is 0 Å². The molecule has 1 fully saturated rings. The zero-order chi connectivity index (χ0) is 23.7. The molecule has 0 aromatic heterocycles. The summed E-state index contributed by atoms with van der Waals surface area (Å²) >= 11 is 12.1. The Kier molecular flexibility index (Phi) is 7.41. The quantitative estimate of drug-likeness (QED) is 0.584. The highest BCUT2D eigenvalue weighted by molar-refractivity contribution is 7.92. The summed E-state index contributed by atoms with van der Waals surface area (Å²) in [6, 6.07) is 10.9. The first kappa shape index (κ1) is 24.8. The van der Waals surface area contributed by atoms with Crippen LogP contribution >= 0.6 is 23.2 Å². The van der Waals surface area contributed by atoms with E-state index in [1.54, 1.807) is 24.3 Å². The summed E-state index contributed by atoms with van der Waals surface area (Å²) in [5, 5.41) is 0.419. The maximum atomic E-state index is 12.9. The molecular weight excluding hydrogens is 497 g/mol. The molecule has 3 rings (SSSR count). The lowest BCUT2D eigenvalue weighted by atomic mass is 10.2. The number of nitrogens with zero attached hydrogens (tertiary/aromatic N) is 3. The van der Waals surface area contributed by atoms with E-state index in [1.165, 1.54) is 27.4 Å². The fraction of sp³-hybridized carbons (Fsp3) is 0.350. The molecule has 0 spiro atoms. The highest BCUT2D eigenvalue weighted by atomic mass is 35.5. The number of carbonyl (C=O) groups is 1. The average Bonchev–Trinajstić information content (AvgIpc) is 2.73. The number of amides is 1. The summed E-state index contributed by atoms with van der Waals surface area (Å²) in [5.74, 6) is -0.459. The van der Waals surface area contributed by atoms with Crippen LogP contribution < -0.4 is 4.31 Å².